The first-order valence-corrected chi connectivity index (χ1v) is 5.34. The second-order valence-corrected chi connectivity index (χ2v) is 4.23. The monoisotopic (exact) mass is 168 g/mol. The highest BCUT2D eigenvalue weighted by Gasteiger charge is 2.27. The minimum atomic E-state index is 0.762. The number of piperidine rings is 1. The van der Waals surface area contributed by atoms with Gasteiger partial charge in [-0.25, -0.2) is 0 Å². The first-order chi connectivity index (χ1) is 5.88. The molecule has 2 aliphatic heterocycles. The molecule has 2 unspecified atom stereocenters. The Kier molecular flexibility index (Phi) is 2.66. The van der Waals surface area contributed by atoms with E-state index in [9.17, 15) is 0 Å². The van der Waals surface area contributed by atoms with Gasteiger partial charge >= 0.3 is 0 Å². The lowest BCUT2D eigenvalue weighted by atomic mass is 9.98. The van der Waals surface area contributed by atoms with Crippen LogP contribution in [0.5, 0.6) is 0 Å². The van der Waals surface area contributed by atoms with Gasteiger partial charge in [-0.2, -0.15) is 0 Å². The van der Waals surface area contributed by atoms with Gasteiger partial charge in [-0.05, 0) is 39.3 Å². The summed E-state index contributed by atoms with van der Waals surface area (Å²) in [5.74, 6) is 0. The number of rotatable bonds is 0. The van der Waals surface area contributed by atoms with Gasteiger partial charge in [-0.3, -0.25) is 4.90 Å². The Hall–Kier alpha value is -0.0800. The highest BCUT2D eigenvalue weighted by molar-refractivity contribution is 4.85. The van der Waals surface area contributed by atoms with Crippen molar-refractivity contribution in [3.05, 3.63) is 0 Å². The molecule has 0 aromatic carbocycles. The molecule has 0 aromatic heterocycles. The molecule has 0 spiro atoms. The summed E-state index contributed by atoms with van der Waals surface area (Å²) in [7, 11) is 0. The Labute approximate surface area is 75.3 Å². The van der Waals surface area contributed by atoms with Crippen molar-refractivity contribution in [3.8, 4) is 0 Å². The third-order valence-corrected chi connectivity index (χ3v) is 3.33. The molecule has 2 atom stereocenters. The summed E-state index contributed by atoms with van der Waals surface area (Å²) in [4.78, 5) is 2.71. The molecule has 70 valence electrons. The quantitative estimate of drug-likeness (QED) is 0.585. The van der Waals surface area contributed by atoms with E-state index in [1.165, 1.54) is 45.3 Å². The van der Waals surface area contributed by atoms with E-state index >= 15 is 0 Å². The molecule has 0 aliphatic carbocycles. The average Bonchev–Trinajstić information content (AvgIpc) is 2.29. The lowest BCUT2D eigenvalue weighted by molar-refractivity contribution is 0.113. The summed E-state index contributed by atoms with van der Waals surface area (Å²) in [6.45, 7) is 6.12. The van der Waals surface area contributed by atoms with E-state index in [0.717, 1.165) is 12.1 Å². The summed E-state index contributed by atoms with van der Waals surface area (Å²) in [6, 6.07) is 1.65. The Balaban J connectivity index is 2.01. The standard InChI is InChI=1S/C10H20N2/c1-9-8-11-6-5-10-4-2-3-7-12(9)10/h9-11H,2-8H2,1H3. The summed E-state index contributed by atoms with van der Waals surface area (Å²) < 4.78 is 0. The van der Waals surface area contributed by atoms with E-state index in [1.54, 1.807) is 0 Å². The van der Waals surface area contributed by atoms with Crippen LogP contribution in [0.15, 0.2) is 0 Å². The van der Waals surface area contributed by atoms with Crippen molar-refractivity contribution in [1.82, 2.24) is 10.2 Å². The van der Waals surface area contributed by atoms with Crippen LogP contribution in [0.4, 0.5) is 0 Å². The van der Waals surface area contributed by atoms with Crippen LogP contribution in [0, 0.1) is 0 Å². The van der Waals surface area contributed by atoms with Crippen LogP contribution in [-0.2, 0) is 0 Å². The lowest BCUT2D eigenvalue weighted by Gasteiger charge is -2.37. The van der Waals surface area contributed by atoms with Crippen molar-refractivity contribution in [2.45, 2.75) is 44.7 Å². The van der Waals surface area contributed by atoms with Gasteiger partial charge < -0.3 is 5.32 Å². The molecule has 0 saturated carbocycles. The Morgan fingerprint density at radius 2 is 2.17 bits per heavy atom. The van der Waals surface area contributed by atoms with E-state index in [2.05, 4.69) is 17.1 Å². The van der Waals surface area contributed by atoms with Gasteiger partial charge in [0.15, 0.2) is 0 Å². The van der Waals surface area contributed by atoms with Gasteiger partial charge in [0.05, 0.1) is 0 Å². The van der Waals surface area contributed by atoms with E-state index in [0.29, 0.717) is 0 Å². The smallest absolute Gasteiger partial charge is 0.0195 e. The number of hydrogen-bond donors (Lipinski definition) is 1. The zero-order valence-electron chi connectivity index (χ0n) is 8.05. The van der Waals surface area contributed by atoms with Crippen molar-refractivity contribution in [1.29, 1.82) is 0 Å². The molecule has 2 nitrogen and oxygen atoms in total. The van der Waals surface area contributed by atoms with Gasteiger partial charge in [-0.1, -0.05) is 6.42 Å². The fourth-order valence-electron chi connectivity index (χ4n) is 2.61. The maximum absolute atomic E-state index is 3.51. The second kappa shape index (κ2) is 3.75. The van der Waals surface area contributed by atoms with E-state index in [1.807, 2.05) is 0 Å². The van der Waals surface area contributed by atoms with Crippen molar-refractivity contribution in [2.24, 2.45) is 0 Å². The maximum Gasteiger partial charge on any atom is 0.0195 e. The minimum Gasteiger partial charge on any atom is -0.315 e. The average molecular weight is 168 g/mol. The van der Waals surface area contributed by atoms with Crippen molar-refractivity contribution >= 4 is 0 Å². The third-order valence-electron chi connectivity index (χ3n) is 3.33. The zero-order valence-corrected chi connectivity index (χ0v) is 8.05. The van der Waals surface area contributed by atoms with Crippen LogP contribution in [0.2, 0.25) is 0 Å². The molecule has 12 heavy (non-hydrogen) atoms. The highest BCUT2D eigenvalue weighted by Crippen LogP contribution is 2.22. The maximum atomic E-state index is 3.51. The highest BCUT2D eigenvalue weighted by atomic mass is 15.2. The molecular formula is C10H20N2. The van der Waals surface area contributed by atoms with Gasteiger partial charge in [-0.15, -0.1) is 0 Å². The minimum absolute atomic E-state index is 0.762. The van der Waals surface area contributed by atoms with Crippen LogP contribution < -0.4 is 5.32 Å². The first-order valence-electron chi connectivity index (χ1n) is 5.34. The van der Waals surface area contributed by atoms with Crippen LogP contribution in [0.25, 0.3) is 0 Å². The van der Waals surface area contributed by atoms with Gasteiger partial charge in [0.1, 0.15) is 0 Å². The molecule has 2 rings (SSSR count). The lowest BCUT2D eigenvalue weighted by Crippen LogP contribution is -2.45. The molecular weight excluding hydrogens is 148 g/mol. The molecule has 0 bridgehead atoms. The van der Waals surface area contributed by atoms with Gasteiger partial charge in [0.2, 0.25) is 0 Å². The Morgan fingerprint density at radius 3 is 3.08 bits per heavy atom. The molecule has 2 fully saturated rings. The van der Waals surface area contributed by atoms with Crippen LogP contribution in [0.1, 0.15) is 32.6 Å². The van der Waals surface area contributed by atoms with E-state index < -0.39 is 0 Å². The SMILES string of the molecule is CC1CNCCC2CCCCN12. The Morgan fingerprint density at radius 1 is 1.25 bits per heavy atom. The topological polar surface area (TPSA) is 15.3 Å². The molecule has 2 saturated heterocycles. The van der Waals surface area contributed by atoms with Crippen LogP contribution in [-0.4, -0.2) is 36.6 Å². The fraction of sp³-hybridized carbons (Fsp3) is 1.00. The molecule has 2 heteroatoms. The predicted octanol–water partition coefficient (Wildman–Crippen LogP) is 1.22. The van der Waals surface area contributed by atoms with Crippen LogP contribution in [0.3, 0.4) is 0 Å². The van der Waals surface area contributed by atoms with E-state index in [-0.39, 0.29) is 0 Å². The predicted molar refractivity (Wildman–Crippen MR) is 51.3 cm³/mol. The Bertz CT molecular complexity index is 147. The van der Waals surface area contributed by atoms with Gasteiger partial charge in [0, 0.05) is 18.6 Å². The van der Waals surface area contributed by atoms with Gasteiger partial charge in [0.25, 0.3) is 0 Å². The summed E-state index contributed by atoms with van der Waals surface area (Å²) in [5, 5.41) is 3.51. The number of fused-ring (bicyclic) bond motifs is 1. The van der Waals surface area contributed by atoms with Crippen LogP contribution >= 0.6 is 0 Å². The molecule has 0 amide bonds. The molecule has 0 aromatic rings. The first kappa shape index (κ1) is 8.52. The normalized spacial score (nSPS) is 38.8. The van der Waals surface area contributed by atoms with E-state index in [4.69, 9.17) is 0 Å². The molecule has 2 heterocycles. The number of nitrogens with one attached hydrogen (secondary N) is 1. The fourth-order valence-corrected chi connectivity index (χ4v) is 2.61. The molecule has 1 N–H and O–H groups in total. The second-order valence-electron chi connectivity index (χ2n) is 4.23. The summed E-state index contributed by atoms with van der Waals surface area (Å²) >= 11 is 0. The van der Waals surface area contributed by atoms with Crippen molar-refractivity contribution in [2.75, 3.05) is 19.6 Å². The zero-order chi connectivity index (χ0) is 8.39. The summed E-state index contributed by atoms with van der Waals surface area (Å²) in [6.07, 6.45) is 5.67. The number of hydrogen-bond acceptors (Lipinski definition) is 2. The summed E-state index contributed by atoms with van der Waals surface area (Å²) in [5.41, 5.74) is 0. The molecule has 2 aliphatic rings. The largest absolute Gasteiger partial charge is 0.315 e. The van der Waals surface area contributed by atoms with Crippen molar-refractivity contribution in [3.63, 3.8) is 0 Å². The number of nitrogens with zero attached hydrogens (tertiary/aromatic N) is 1. The molecule has 0 radical (unpaired) electrons. The third kappa shape index (κ3) is 1.64. The van der Waals surface area contributed by atoms with Crippen molar-refractivity contribution < 1.29 is 0 Å².